The average Bonchev–Trinajstić information content (AvgIpc) is 2.28. The molecule has 2 rings (SSSR count). The Kier molecular flexibility index (Phi) is 3.35. The number of nitrogens with one attached hydrogen (secondary N) is 2. The summed E-state index contributed by atoms with van der Waals surface area (Å²) in [6.07, 6.45) is -4.67. The second-order valence-electron chi connectivity index (χ2n) is 3.91. The fourth-order valence-electron chi connectivity index (χ4n) is 2.00. The summed E-state index contributed by atoms with van der Waals surface area (Å²) in [4.78, 5) is 0. The second kappa shape index (κ2) is 4.62. The van der Waals surface area contributed by atoms with Crippen LogP contribution >= 0.6 is 0 Å². The van der Waals surface area contributed by atoms with Crippen molar-refractivity contribution < 1.29 is 17.6 Å². The molecule has 1 aromatic rings. The third kappa shape index (κ3) is 2.58. The van der Waals surface area contributed by atoms with Gasteiger partial charge in [-0.1, -0.05) is 12.1 Å². The molecule has 0 bridgehead atoms. The molecule has 1 atom stereocenters. The van der Waals surface area contributed by atoms with Crippen molar-refractivity contribution in [1.82, 2.24) is 10.6 Å². The van der Waals surface area contributed by atoms with Gasteiger partial charge in [0.15, 0.2) is 0 Å². The van der Waals surface area contributed by atoms with Crippen LogP contribution < -0.4 is 10.6 Å². The molecule has 1 aliphatic rings. The highest BCUT2D eigenvalue weighted by Gasteiger charge is 2.38. The molecule has 1 aromatic carbocycles. The van der Waals surface area contributed by atoms with Gasteiger partial charge in [-0.15, -0.1) is 0 Å². The van der Waals surface area contributed by atoms with Crippen LogP contribution in [0.3, 0.4) is 0 Å². The number of alkyl halides is 3. The van der Waals surface area contributed by atoms with Crippen molar-refractivity contribution in [2.75, 3.05) is 19.6 Å². The highest BCUT2D eigenvalue weighted by atomic mass is 19.4. The van der Waals surface area contributed by atoms with Crippen molar-refractivity contribution in [2.24, 2.45) is 0 Å². The summed E-state index contributed by atoms with van der Waals surface area (Å²) in [6, 6.07) is 2.95. The Bertz CT molecular complexity index is 397. The fourth-order valence-corrected chi connectivity index (χ4v) is 2.00. The molecule has 1 saturated heterocycles. The van der Waals surface area contributed by atoms with E-state index in [1.54, 1.807) is 0 Å². The molecule has 2 N–H and O–H groups in total. The summed E-state index contributed by atoms with van der Waals surface area (Å²) in [5.74, 6) is -1.22. The molecule has 0 unspecified atom stereocenters. The number of halogens is 4. The molecule has 0 amide bonds. The molecular formula is C11H12F4N2. The zero-order chi connectivity index (χ0) is 12.5. The normalized spacial score (nSPS) is 21.5. The predicted molar refractivity (Wildman–Crippen MR) is 55.0 cm³/mol. The fraction of sp³-hybridized carbons (Fsp3) is 0.455. The van der Waals surface area contributed by atoms with E-state index in [1.807, 2.05) is 0 Å². The predicted octanol–water partition coefficient (Wildman–Crippen LogP) is 2.08. The summed E-state index contributed by atoms with van der Waals surface area (Å²) in [6.45, 7) is 1.64. The molecule has 1 heterocycles. The van der Waals surface area contributed by atoms with Gasteiger partial charge in [-0.3, -0.25) is 0 Å². The Morgan fingerprint density at radius 3 is 2.53 bits per heavy atom. The smallest absolute Gasteiger partial charge is 0.314 e. The minimum atomic E-state index is -4.67. The molecule has 0 spiro atoms. The topological polar surface area (TPSA) is 24.1 Å². The third-order valence-electron chi connectivity index (χ3n) is 2.75. The average molecular weight is 248 g/mol. The number of hydrogen-bond donors (Lipinski definition) is 2. The highest BCUT2D eigenvalue weighted by molar-refractivity contribution is 5.34. The molecule has 0 radical (unpaired) electrons. The Labute approximate surface area is 96.0 Å². The lowest BCUT2D eigenvalue weighted by Gasteiger charge is -2.27. The second-order valence-corrected chi connectivity index (χ2v) is 3.91. The molecule has 0 saturated carbocycles. The summed E-state index contributed by atoms with van der Waals surface area (Å²) >= 11 is 0. The van der Waals surface area contributed by atoms with Crippen molar-refractivity contribution in [2.45, 2.75) is 12.2 Å². The molecule has 2 nitrogen and oxygen atoms in total. The Morgan fingerprint density at radius 2 is 1.94 bits per heavy atom. The van der Waals surface area contributed by atoms with Gasteiger partial charge < -0.3 is 10.6 Å². The van der Waals surface area contributed by atoms with Gasteiger partial charge in [-0.2, -0.15) is 13.2 Å². The van der Waals surface area contributed by atoms with Crippen molar-refractivity contribution in [3.8, 4) is 0 Å². The molecule has 0 aromatic heterocycles. The van der Waals surface area contributed by atoms with Crippen molar-refractivity contribution in [1.29, 1.82) is 0 Å². The largest absolute Gasteiger partial charge is 0.419 e. The summed E-state index contributed by atoms with van der Waals surface area (Å²) in [5.41, 5.74) is -1.20. The van der Waals surface area contributed by atoms with Crippen molar-refractivity contribution in [3.63, 3.8) is 0 Å². The summed E-state index contributed by atoms with van der Waals surface area (Å²) < 4.78 is 51.7. The molecule has 1 aliphatic heterocycles. The van der Waals surface area contributed by atoms with Gasteiger partial charge in [-0.05, 0) is 11.6 Å². The Hall–Kier alpha value is -1.14. The zero-order valence-corrected chi connectivity index (χ0v) is 8.94. The van der Waals surface area contributed by atoms with E-state index < -0.39 is 23.6 Å². The molecular weight excluding hydrogens is 236 g/mol. The van der Waals surface area contributed by atoms with E-state index in [2.05, 4.69) is 10.6 Å². The summed E-state index contributed by atoms with van der Waals surface area (Å²) in [5, 5.41) is 5.93. The first-order valence-corrected chi connectivity index (χ1v) is 5.30. The van der Waals surface area contributed by atoms with Crippen LogP contribution in [0.15, 0.2) is 18.2 Å². The van der Waals surface area contributed by atoms with Gasteiger partial charge >= 0.3 is 6.18 Å². The van der Waals surface area contributed by atoms with Crippen LogP contribution in [0.2, 0.25) is 0 Å². The molecule has 17 heavy (non-hydrogen) atoms. The van der Waals surface area contributed by atoms with Gasteiger partial charge in [0.25, 0.3) is 0 Å². The maximum atomic E-state index is 13.3. The minimum Gasteiger partial charge on any atom is -0.314 e. The number of rotatable bonds is 1. The monoisotopic (exact) mass is 248 g/mol. The zero-order valence-electron chi connectivity index (χ0n) is 8.94. The van der Waals surface area contributed by atoms with E-state index in [4.69, 9.17) is 0 Å². The van der Waals surface area contributed by atoms with Gasteiger partial charge in [-0.25, -0.2) is 4.39 Å². The van der Waals surface area contributed by atoms with Crippen molar-refractivity contribution in [3.05, 3.63) is 35.1 Å². The van der Waals surface area contributed by atoms with Gasteiger partial charge in [0.05, 0.1) is 5.56 Å². The minimum absolute atomic E-state index is 0.0373. The third-order valence-corrected chi connectivity index (χ3v) is 2.75. The standard InChI is InChI=1S/C11H12F4N2/c12-8-3-1-2-7(10(8)11(13,14)15)9-6-16-4-5-17-9/h1-3,9,16-17H,4-6H2/t9-/m0/s1. The SMILES string of the molecule is Fc1cccc([C@@H]2CNCCN2)c1C(F)(F)F. The lowest BCUT2D eigenvalue weighted by atomic mass is 9.98. The first-order chi connectivity index (χ1) is 8.00. The van der Waals surface area contributed by atoms with Crippen LogP contribution in [0.25, 0.3) is 0 Å². The van der Waals surface area contributed by atoms with E-state index in [9.17, 15) is 17.6 Å². The van der Waals surface area contributed by atoms with E-state index in [1.165, 1.54) is 12.1 Å². The molecule has 1 fully saturated rings. The molecule has 94 valence electrons. The van der Waals surface area contributed by atoms with E-state index >= 15 is 0 Å². The van der Waals surface area contributed by atoms with Crippen LogP contribution in [0.1, 0.15) is 17.2 Å². The lowest BCUT2D eigenvalue weighted by molar-refractivity contribution is -0.140. The number of piperazine rings is 1. The maximum absolute atomic E-state index is 13.3. The maximum Gasteiger partial charge on any atom is 0.419 e. The van der Waals surface area contributed by atoms with Crippen LogP contribution in [0.4, 0.5) is 17.6 Å². The van der Waals surface area contributed by atoms with Crippen LogP contribution in [0.5, 0.6) is 0 Å². The summed E-state index contributed by atoms with van der Waals surface area (Å²) in [7, 11) is 0. The molecule has 0 aliphatic carbocycles. The van der Waals surface area contributed by atoms with Gasteiger partial charge in [0.2, 0.25) is 0 Å². The number of hydrogen-bond acceptors (Lipinski definition) is 2. The van der Waals surface area contributed by atoms with Crippen LogP contribution in [-0.4, -0.2) is 19.6 Å². The first-order valence-electron chi connectivity index (χ1n) is 5.30. The first kappa shape index (κ1) is 12.3. The van der Waals surface area contributed by atoms with Crippen LogP contribution in [-0.2, 0) is 6.18 Å². The molecule has 6 heteroatoms. The highest BCUT2D eigenvalue weighted by Crippen LogP contribution is 2.36. The lowest BCUT2D eigenvalue weighted by Crippen LogP contribution is -2.43. The van der Waals surface area contributed by atoms with E-state index in [0.717, 1.165) is 6.07 Å². The Balaban J connectivity index is 2.42. The Morgan fingerprint density at radius 1 is 1.18 bits per heavy atom. The van der Waals surface area contributed by atoms with E-state index in [0.29, 0.717) is 19.6 Å². The van der Waals surface area contributed by atoms with E-state index in [-0.39, 0.29) is 5.56 Å². The van der Waals surface area contributed by atoms with Crippen molar-refractivity contribution >= 4 is 0 Å². The quantitative estimate of drug-likeness (QED) is 0.743. The van der Waals surface area contributed by atoms with Gasteiger partial charge in [0.1, 0.15) is 5.82 Å². The van der Waals surface area contributed by atoms with Crippen LogP contribution in [0, 0.1) is 5.82 Å². The van der Waals surface area contributed by atoms with Gasteiger partial charge in [0, 0.05) is 25.7 Å². The number of benzene rings is 1.